The molecule has 0 saturated heterocycles. The fraction of sp³-hybridized carbons (Fsp3) is 0.875. The Hall–Kier alpha value is -0.0900. The molecule has 0 aromatic heterocycles. The Morgan fingerprint density at radius 1 is 1.54 bits per heavy atom. The Bertz CT molecular complexity index is 199. The largest absolute Gasteiger partial charge is 0.352 e. The minimum atomic E-state index is -0.875. The molecule has 0 spiro atoms. The van der Waals surface area contributed by atoms with E-state index in [0.717, 1.165) is 0 Å². The van der Waals surface area contributed by atoms with Gasteiger partial charge in [-0.15, -0.1) is 11.6 Å². The third kappa shape index (κ3) is 6.05. The second kappa shape index (κ2) is 6.38. The van der Waals surface area contributed by atoms with Gasteiger partial charge in [-0.2, -0.15) is 0 Å². The van der Waals surface area contributed by atoms with Crippen molar-refractivity contribution in [1.29, 1.82) is 0 Å². The van der Waals surface area contributed by atoms with Crippen LogP contribution in [0.25, 0.3) is 0 Å². The van der Waals surface area contributed by atoms with Crippen LogP contribution < -0.4 is 5.32 Å². The van der Waals surface area contributed by atoms with E-state index in [1.807, 2.05) is 6.92 Å². The highest BCUT2D eigenvalue weighted by Crippen LogP contribution is 1.98. The van der Waals surface area contributed by atoms with Crippen molar-refractivity contribution in [3.63, 3.8) is 0 Å². The molecule has 3 atom stereocenters. The van der Waals surface area contributed by atoms with E-state index in [9.17, 15) is 9.00 Å². The monoisotopic (exact) mass is 225 g/mol. The minimum absolute atomic E-state index is 0.0519. The summed E-state index contributed by atoms with van der Waals surface area (Å²) in [6, 6.07) is -0.0519. The van der Waals surface area contributed by atoms with Crippen LogP contribution in [0.1, 0.15) is 13.8 Å². The maximum Gasteiger partial charge on any atom is 0.224 e. The lowest BCUT2D eigenvalue weighted by atomic mass is 10.2. The molecule has 0 saturated carbocycles. The molecule has 0 radical (unpaired) electrons. The van der Waals surface area contributed by atoms with Crippen LogP contribution in [0.3, 0.4) is 0 Å². The highest BCUT2D eigenvalue weighted by Gasteiger charge is 2.14. The van der Waals surface area contributed by atoms with Gasteiger partial charge in [-0.1, -0.05) is 6.92 Å². The van der Waals surface area contributed by atoms with Crippen LogP contribution in [-0.2, 0) is 15.6 Å². The first-order valence-electron chi connectivity index (χ1n) is 4.13. The van der Waals surface area contributed by atoms with Crippen LogP contribution in [0.5, 0.6) is 0 Å². The summed E-state index contributed by atoms with van der Waals surface area (Å²) in [6.45, 7) is 3.60. The normalized spacial score (nSPS) is 17.5. The Morgan fingerprint density at radius 2 is 2.08 bits per heavy atom. The first-order valence-corrected chi connectivity index (χ1v) is 6.40. The van der Waals surface area contributed by atoms with Gasteiger partial charge in [0.15, 0.2) is 0 Å². The Balaban J connectivity index is 3.84. The third-order valence-electron chi connectivity index (χ3n) is 1.55. The van der Waals surface area contributed by atoms with Gasteiger partial charge >= 0.3 is 0 Å². The zero-order chi connectivity index (χ0) is 10.4. The molecule has 1 N–H and O–H groups in total. The number of halogens is 1. The molecule has 0 fully saturated rings. The van der Waals surface area contributed by atoms with E-state index in [0.29, 0.717) is 11.6 Å². The van der Waals surface area contributed by atoms with Crippen LogP contribution in [-0.4, -0.2) is 34.0 Å². The van der Waals surface area contributed by atoms with Crippen LogP contribution >= 0.6 is 11.6 Å². The molecule has 0 aliphatic carbocycles. The second-order valence-electron chi connectivity index (χ2n) is 3.20. The van der Waals surface area contributed by atoms with Gasteiger partial charge < -0.3 is 5.32 Å². The number of rotatable bonds is 5. The third-order valence-corrected chi connectivity index (χ3v) is 2.98. The topological polar surface area (TPSA) is 46.2 Å². The SMILES string of the molecule is CC(CS(C)=O)NC(=O)C(C)CCl. The molecule has 5 heteroatoms. The summed E-state index contributed by atoms with van der Waals surface area (Å²) in [5.41, 5.74) is 0. The molecule has 0 bridgehead atoms. The standard InChI is InChI=1S/C8H16ClNO2S/c1-6(4-9)8(11)10-7(2)5-13(3)12/h6-7H,4-5H2,1-3H3,(H,10,11). The van der Waals surface area contributed by atoms with Gasteiger partial charge in [0.05, 0.1) is 0 Å². The maximum absolute atomic E-state index is 11.3. The number of amides is 1. The van der Waals surface area contributed by atoms with Crippen molar-refractivity contribution in [1.82, 2.24) is 5.32 Å². The smallest absolute Gasteiger partial charge is 0.224 e. The van der Waals surface area contributed by atoms with Gasteiger partial charge in [0.25, 0.3) is 0 Å². The van der Waals surface area contributed by atoms with E-state index in [1.54, 1.807) is 13.2 Å². The van der Waals surface area contributed by atoms with Crippen molar-refractivity contribution in [3.05, 3.63) is 0 Å². The van der Waals surface area contributed by atoms with Crippen LogP contribution in [0.2, 0.25) is 0 Å². The second-order valence-corrected chi connectivity index (χ2v) is 4.99. The van der Waals surface area contributed by atoms with Crippen molar-refractivity contribution < 1.29 is 9.00 Å². The lowest BCUT2D eigenvalue weighted by Gasteiger charge is -2.14. The van der Waals surface area contributed by atoms with E-state index < -0.39 is 10.8 Å². The average Bonchev–Trinajstić information content (AvgIpc) is 2.01. The van der Waals surface area contributed by atoms with Crippen molar-refractivity contribution in [2.45, 2.75) is 19.9 Å². The number of carbonyl (C=O) groups is 1. The molecule has 0 aromatic carbocycles. The molecule has 0 aliphatic rings. The van der Waals surface area contributed by atoms with Crippen molar-refractivity contribution in [2.75, 3.05) is 17.9 Å². The first kappa shape index (κ1) is 12.9. The van der Waals surface area contributed by atoms with Gasteiger partial charge in [0, 0.05) is 40.6 Å². The summed E-state index contributed by atoms with van der Waals surface area (Å²) < 4.78 is 10.8. The van der Waals surface area contributed by atoms with Gasteiger partial charge in [-0.25, -0.2) is 0 Å². The molecule has 0 heterocycles. The number of carbonyl (C=O) groups excluding carboxylic acids is 1. The van der Waals surface area contributed by atoms with E-state index in [-0.39, 0.29) is 17.9 Å². The quantitative estimate of drug-likeness (QED) is 0.702. The zero-order valence-electron chi connectivity index (χ0n) is 8.17. The lowest BCUT2D eigenvalue weighted by molar-refractivity contribution is -0.124. The maximum atomic E-state index is 11.3. The Morgan fingerprint density at radius 3 is 2.46 bits per heavy atom. The Kier molecular flexibility index (Phi) is 6.33. The van der Waals surface area contributed by atoms with Gasteiger partial charge in [-0.05, 0) is 6.92 Å². The molecule has 3 nitrogen and oxygen atoms in total. The number of hydrogen-bond acceptors (Lipinski definition) is 2. The number of hydrogen-bond donors (Lipinski definition) is 1. The van der Waals surface area contributed by atoms with Gasteiger partial charge in [-0.3, -0.25) is 9.00 Å². The Labute approximate surface area is 86.7 Å². The molecule has 0 aliphatic heterocycles. The van der Waals surface area contributed by atoms with Crippen molar-refractivity contribution in [2.24, 2.45) is 5.92 Å². The summed E-state index contributed by atoms with van der Waals surface area (Å²) in [5.74, 6) is 0.538. The molecular formula is C8H16ClNO2S. The van der Waals surface area contributed by atoms with Crippen molar-refractivity contribution >= 4 is 28.3 Å². The summed E-state index contributed by atoms with van der Waals surface area (Å²) in [5, 5.41) is 2.75. The zero-order valence-corrected chi connectivity index (χ0v) is 9.74. The van der Waals surface area contributed by atoms with Crippen LogP contribution in [0.4, 0.5) is 0 Å². The first-order chi connectivity index (χ1) is 5.97. The predicted octanol–water partition coefficient (Wildman–Crippen LogP) is 0.744. The summed E-state index contributed by atoms with van der Waals surface area (Å²) in [4.78, 5) is 11.3. The fourth-order valence-corrected chi connectivity index (χ4v) is 1.78. The predicted molar refractivity (Wildman–Crippen MR) is 56.4 cm³/mol. The fourth-order valence-electron chi connectivity index (χ4n) is 0.849. The van der Waals surface area contributed by atoms with E-state index >= 15 is 0 Å². The highest BCUT2D eigenvalue weighted by atomic mass is 35.5. The van der Waals surface area contributed by atoms with Crippen molar-refractivity contribution in [3.8, 4) is 0 Å². The van der Waals surface area contributed by atoms with E-state index in [2.05, 4.69) is 5.32 Å². The molecule has 13 heavy (non-hydrogen) atoms. The minimum Gasteiger partial charge on any atom is -0.352 e. The number of nitrogens with one attached hydrogen (secondary N) is 1. The number of alkyl halides is 1. The lowest BCUT2D eigenvalue weighted by Crippen LogP contribution is -2.39. The van der Waals surface area contributed by atoms with Gasteiger partial charge in [0.1, 0.15) is 0 Å². The van der Waals surface area contributed by atoms with Gasteiger partial charge in [0.2, 0.25) is 5.91 Å². The molecule has 0 rings (SSSR count). The molecular weight excluding hydrogens is 210 g/mol. The van der Waals surface area contributed by atoms with E-state index in [1.165, 1.54) is 0 Å². The van der Waals surface area contributed by atoms with Crippen LogP contribution in [0.15, 0.2) is 0 Å². The highest BCUT2D eigenvalue weighted by molar-refractivity contribution is 7.84. The summed E-state index contributed by atoms with van der Waals surface area (Å²) in [7, 11) is -0.875. The average molecular weight is 226 g/mol. The summed E-state index contributed by atoms with van der Waals surface area (Å²) in [6.07, 6.45) is 1.62. The summed E-state index contributed by atoms with van der Waals surface area (Å²) >= 11 is 5.52. The molecule has 1 amide bonds. The van der Waals surface area contributed by atoms with Crippen LogP contribution in [0, 0.1) is 5.92 Å². The molecule has 0 aromatic rings. The van der Waals surface area contributed by atoms with E-state index in [4.69, 9.17) is 11.6 Å². The molecule has 3 unspecified atom stereocenters. The molecule has 78 valence electrons.